The summed E-state index contributed by atoms with van der Waals surface area (Å²) in [6.45, 7) is 3.56. The SMILES string of the molecule is C=CCc1cc(O)c2c(c1O)C(=O)c1ccccc1C2=O. The summed E-state index contributed by atoms with van der Waals surface area (Å²) >= 11 is 0. The Morgan fingerprint density at radius 3 is 2.14 bits per heavy atom. The predicted octanol–water partition coefficient (Wildman–Crippen LogP) is 2.60. The second-order valence-electron chi connectivity index (χ2n) is 4.85. The monoisotopic (exact) mass is 280 g/mol. The number of hydrogen-bond donors (Lipinski definition) is 2. The summed E-state index contributed by atoms with van der Waals surface area (Å²) < 4.78 is 0. The first kappa shape index (κ1) is 13.1. The number of ketones is 2. The molecule has 0 spiro atoms. The first-order valence-electron chi connectivity index (χ1n) is 6.43. The van der Waals surface area contributed by atoms with Gasteiger partial charge in [-0.05, 0) is 12.5 Å². The number of carbonyl (C=O) groups is 2. The molecule has 104 valence electrons. The molecule has 21 heavy (non-hydrogen) atoms. The van der Waals surface area contributed by atoms with Crippen molar-refractivity contribution in [2.75, 3.05) is 0 Å². The van der Waals surface area contributed by atoms with E-state index in [0.717, 1.165) is 0 Å². The summed E-state index contributed by atoms with van der Waals surface area (Å²) in [6, 6.07) is 7.67. The van der Waals surface area contributed by atoms with Crippen LogP contribution in [0.15, 0.2) is 43.0 Å². The molecule has 0 bridgehead atoms. The Morgan fingerprint density at radius 2 is 1.57 bits per heavy atom. The number of benzene rings is 2. The Morgan fingerprint density at radius 1 is 1.00 bits per heavy atom. The molecule has 1 aliphatic rings. The quantitative estimate of drug-likeness (QED) is 0.559. The van der Waals surface area contributed by atoms with Crippen molar-refractivity contribution in [3.05, 3.63) is 70.8 Å². The summed E-state index contributed by atoms with van der Waals surface area (Å²) in [5.74, 6) is -1.49. The van der Waals surface area contributed by atoms with Gasteiger partial charge in [0.15, 0.2) is 11.6 Å². The van der Waals surface area contributed by atoms with Crippen molar-refractivity contribution in [3.8, 4) is 11.5 Å². The molecule has 0 amide bonds. The third-order valence-corrected chi connectivity index (χ3v) is 3.59. The van der Waals surface area contributed by atoms with E-state index in [1.165, 1.54) is 18.2 Å². The van der Waals surface area contributed by atoms with Crippen LogP contribution in [0.1, 0.15) is 37.4 Å². The highest BCUT2D eigenvalue weighted by atomic mass is 16.3. The van der Waals surface area contributed by atoms with Gasteiger partial charge < -0.3 is 10.2 Å². The highest BCUT2D eigenvalue weighted by Crippen LogP contribution is 2.40. The smallest absolute Gasteiger partial charge is 0.198 e. The van der Waals surface area contributed by atoms with Crippen LogP contribution in [0.4, 0.5) is 0 Å². The average molecular weight is 280 g/mol. The van der Waals surface area contributed by atoms with Gasteiger partial charge in [-0.3, -0.25) is 9.59 Å². The van der Waals surface area contributed by atoms with E-state index in [9.17, 15) is 19.8 Å². The molecular formula is C17H12O4. The fraction of sp³-hybridized carbons (Fsp3) is 0.0588. The normalized spacial score (nSPS) is 12.8. The van der Waals surface area contributed by atoms with E-state index < -0.39 is 11.6 Å². The molecule has 0 aliphatic heterocycles. The molecule has 0 aromatic heterocycles. The van der Waals surface area contributed by atoms with E-state index in [4.69, 9.17) is 0 Å². The minimum Gasteiger partial charge on any atom is -0.507 e. The fourth-order valence-corrected chi connectivity index (χ4v) is 2.62. The molecule has 0 atom stereocenters. The standard InChI is InChI=1S/C17H12O4/c1-2-5-9-8-12(18)13-14(15(9)19)17(21)11-7-4-3-6-10(11)16(13)20/h2-4,6-8,18-19H,1,5H2. The van der Waals surface area contributed by atoms with Crippen LogP contribution in [-0.4, -0.2) is 21.8 Å². The molecule has 4 heteroatoms. The Kier molecular flexibility index (Phi) is 2.87. The van der Waals surface area contributed by atoms with Crippen molar-refractivity contribution >= 4 is 11.6 Å². The second-order valence-corrected chi connectivity index (χ2v) is 4.85. The third-order valence-electron chi connectivity index (χ3n) is 3.59. The van der Waals surface area contributed by atoms with E-state index in [-0.39, 0.29) is 40.2 Å². The molecule has 2 aromatic carbocycles. The molecule has 0 radical (unpaired) electrons. The summed E-state index contributed by atoms with van der Waals surface area (Å²) in [7, 11) is 0. The van der Waals surface area contributed by atoms with Crippen LogP contribution in [0.5, 0.6) is 11.5 Å². The zero-order chi connectivity index (χ0) is 15.1. The largest absolute Gasteiger partial charge is 0.507 e. The number of carbonyl (C=O) groups excluding carboxylic acids is 2. The maximum absolute atomic E-state index is 12.5. The van der Waals surface area contributed by atoms with Gasteiger partial charge in [0.1, 0.15) is 11.5 Å². The number of rotatable bonds is 2. The van der Waals surface area contributed by atoms with Crippen molar-refractivity contribution in [2.45, 2.75) is 6.42 Å². The lowest BCUT2D eigenvalue weighted by Crippen LogP contribution is -2.21. The first-order valence-corrected chi connectivity index (χ1v) is 6.43. The van der Waals surface area contributed by atoms with Crippen molar-refractivity contribution < 1.29 is 19.8 Å². The Bertz CT molecular complexity index is 803. The highest BCUT2D eigenvalue weighted by molar-refractivity contribution is 6.30. The summed E-state index contributed by atoms with van der Waals surface area (Å²) in [5, 5.41) is 20.4. The zero-order valence-corrected chi connectivity index (χ0v) is 11.1. The molecule has 0 unspecified atom stereocenters. The van der Waals surface area contributed by atoms with Gasteiger partial charge in [-0.2, -0.15) is 0 Å². The molecule has 4 nitrogen and oxygen atoms in total. The van der Waals surface area contributed by atoms with Crippen molar-refractivity contribution in [1.29, 1.82) is 0 Å². The molecule has 2 aromatic rings. The fourth-order valence-electron chi connectivity index (χ4n) is 2.62. The van der Waals surface area contributed by atoms with Gasteiger partial charge in [-0.25, -0.2) is 0 Å². The van der Waals surface area contributed by atoms with Crippen LogP contribution in [0.2, 0.25) is 0 Å². The molecular weight excluding hydrogens is 268 g/mol. The van der Waals surface area contributed by atoms with Crippen molar-refractivity contribution in [1.82, 2.24) is 0 Å². The van der Waals surface area contributed by atoms with E-state index in [2.05, 4.69) is 6.58 Å². The predicted molar refractivity (Wildman–Crippen MR) is 77.0 cm³/mol. The molecule has 0 heterocycles. The van der Waals surface area contributed by atoms with Gasteiger partial charge in [0, 0.05) is 16.7 Å². The molecule has 0 saturated heterocycles. The molecule has 3 rings (SSSR count). The van der Waals surface area contributed by atoms with E-state index in [0.29, 0.717) is 5.56 Å². The van der Waals surface area contributed by atoms with Crippen LogP contribution in [0.3, 0.4) is 0 Å². The van der Waals surface area contributed by atoms with Gasteiger partial charge in [-0.1, -0.05) is 30.3 Å². The van der Waals surface area contributed by atoms with E-state index in [1.807, 2.05) is 0 Å². The van der Waals surface area contributed by atoms with Crippen LogP contribution < -0.4 is 0 Å². The summed E-state index contributed by atoms with van der Waals surface area (Å²) in [5.41, 5.74) is 0.572. The van der Waals surface area contributed by atoms with Crippen LogP contribution >= 0.6 is 0 Å². The number of phenols is 2. The number of fused-ring (bicyclic) bond motifs is 2. The van der Waals surface area contributed by atoms with Crippen molar-refractivity contribution in [3.63, 3.8) is 0 Å². The first-order chi connectivity index (χ1) is 10.1. The average Bonchev–Trinajstić information content (AvgIpc) is 2.48. The lowest BCUT2D eigenvalue weighted by atomic mass is 9.82. The van der Waals surface area contributed by atoms with Gasteiger partial charge in [0.25, 0.3) is 0 Å². The van der Waals surface area contributed by atoms with E-state index >= 15 is 0 Å². The van der Waals surface area contributed by atoms with Gasteiger partial charge in [0.2, 0.25) is 0 Å². The zero-order valence-electron chi connectivity index (χ0n) is 11.1. The molecule has 0 saturated carbocycles. The van der Waals surface area contributed by atoms with Gasteiger partial charge in [-0.15, -0.1) is 6.58 Å². The van der Waals surface area contributed by atoms with Crippen LogP contribution in [0.25, 0.3) is 0 Å². The van der Waals surface area contributed by atoms with Crippen LogP contribution in [0, 0.1) is 0 Å². The van der Waals surface area contributed by atoms with Crippen LogP contribution in [-0.2, 0) is 6.42 Å². The molecule has 1 aliphatic carbocycles. The third kappa shape index (κ3) is 1.76. The lowest BCUT2D eigenvalue weighted by molar-refractivity contribution is 0.0974. The Balaban J connectivity index is 2.35. The lowest BCUT2D eigenvalue weighted by Gasteiger charge is -2.20. The molecule has 0 fully saturated rings. The molecule has 2 N–H and O–H groups in total. The van der Waals surface area contributed by atoms with E-state index in [1.54, 1.807) is 18.2 Å². The van der Waals surface area contributed by atoms with Gasteiger partial charge >= 0.3 is 0 Å². The van der Waals surface area contributed by atoms with Crippen molar-refractivity contribution in [2.24, 2.45) is 0 Å². The Labute approximate surface area is 121 Å². The van der Waals surface area contributed by atoms with Gasteiger partial charge in [0.05, 0.1) is 11.1 Å². The summed E-state index contributed by atoms with van der Waals surface area (Å²) in [6.07, 6.45) is 1.83. The second kappa shape index (κ2) is 4.59. The summed E-state index contributed by atoms with van der Waals surface area (Å²) in [4.78, 5) is 25.0. The highest BCUT2D eigenvalue weighted by Gasteiger charge is 2.35. The maximum Gasteiger partial charge on any atom is 0.198 e. The number of allylic oxidation sites excluding steroid dienone is 1. The number of aromatic hydroxyl groups is 2. The minimum absolute atomic E-state index is 0.129. The number of hydrogen-bond acceptors (Lipinski definition) is 4. The number of phenolic OH excluding ortho intramolecular Hbond substituents is 2. The Hall–Kier alpha value is -2.88. The topological polar surface area (TPSA) is 74.6 Å². The minimum atomic E-state index is -0.460. The maximum atomic E-state index is 12.5.